The van der Waals surface area contributed by atoms with Gasteiger partial charge in [0.15, 0.2) is 0 Å². The third-order valence-electron chi connectivity index (χ3n) is 3.08. The standard InChI is InChI=1S/C15H13N3O3S/c1-21-13-6-9(22-8-14(19)20)2-3-10(13)15-17-11-4-5-16-7-12(11)18-15/h2-7H,8H2,1H3,(H,17,18)(H,19,20). The van der Waals surface area contributed by atoms with Crippen LogP contribution in [0.3, 0.4) is 0 Å². The number of nitrogens with one attached hydrogen (secondary N) is 1. The molecule has 0 aliphatic carbocycles. The third-order valence-corrected chi connectivity index (χ3v) is 4.05. The van der Waals surface area contributed by atoms with Crippen molar-refractivity contribution in [2.45, 2.75) is 4.90 Å². The van der Waals surface area contributed by atoms with Crippen molar-refractivity contribution < 1.29 is 14.6 Å². The van der Waals surface area contributed by atoms with Crippen LogP contribution in [0.1, 0.15) is 0 Å². The molecule has 22 heavy (non-hydrogen) atoms. The number of benzene rings is 1. The molecule has 0 aliphatic heterocycles. The van der Waals surface area contributed by atoms with E-state index in [-0.39, 0.29) is 5.75 Å². The number of aromatic amines is 1. The zero-order chi connectivity index (χ0) is 15.5. The summed E-state index contributed by atoms with van der Waals surface area (Å²) in [4.78, 5) is 23.2. The molecule has 3 rings (SSSR count). The predicted octanol–water partition coefficient (Wildman–Crippen LogP) is 2.81. The normalized spacial score (nSPS) is 10.8. The molecule has 0 atom stereocenters. The molecule has 0 aliphatic rings. The van der Waals surface area contributed by atoms with E-state index in [0.29, 0.717) is 11.6 Å². The first-order valence-corrected chi connectivity index (χ1v) is 7.48. The number of thioether (sulfide) groups is 1. The number of rotatable bonds is 5. The Kier molecular flexibility index (Phi) is 3.97. The van der Waals surface area contributed by atoms with Gasteiger partial charge in [0.1, 0.15) is 17.1 Å². The fourth-order valence-corrected chi connectivity index (χ4v) is 2.73. The maximum absolute atomic E-state index is 10.6. The topological polar surface area (TPSA) is 88.1 Å². The van der Waals surface area contributed by atoms with Gasteiger partial charge in [-0.1, -0.05) is 0 Å². The van der Waals surface area contributed by atoms with E-state index in [1.165, 1.54) is 11.8 Å². The van der Waals surface area contributed by atoms with Gasteiger partial charge < -0.3 is 14.8 Å². The predicted molar refractivity (Wildman–Crippen MR) is 84.2 cm³/mol. The molecule has 0 bridgehead atoms. The molecule has 0 saturated heterocycles. The van der Waals surface area contributed by atoms with Gasteiger partial charge in [0.05, 0.1) is 30.1 Å². The van der Waals surface area contributed by atoms with Crippen LogP contribution in [-0.2, 0) is 4.79 Å². The first-order chi connectivity index (χ1) is 10.7. The van der Waals surface area contributed by atoms with Crippen LogP contribution >= 0.6 is 11.8 Å². The van der Waals surface area contributed by atoms with Crippen LogP contribution in [0.25, 0.3) is 22.4 Å². The molecule has 0 radical (unpaired) electrons. The number of aliphatic carboxylic acids is 1. The summed E-state index contributed by atoms with van der Waals surface area (Å²) in [6.07, 6.45) is 3.39. The number of carboxylic acid groups (broad SMARTS) is 1. The molecule has 112 valence electrons. The number of pyridine rings is 1. The Balaban J connectivity index is 1.97. The second-order valence-corrected chi connectivity index (χ2v) is 5.57. The smallest absolute Gasteiger partial charge is 0.313 e. The van der Waals surface area contributed by atoms with Gasteiger partial charge in [-0.2, -0.15) is 0 Å². The summed E-state index contributed by atoms with van der Waals surface area (Å²) >= 11 is 1.25. The molecule has 2 heterocycles. The number of fused-ring (bicyclic) bond motifs is 1. The molecule has 7 heteroatoms. The van der Waals surface area contributed by atoms with Crippen molar-refractivity contribution in [3.05, 3.63) is 36.7 Å². The molecule has 2 N–H and O–H groups in total. The van der Waals surface area contributed by atoms with Crippen molar-refractivity contribution in [3.63, 3.8) is 0 Å². The Morgan fingerprint density at radius 3 is 3.00 bits per heavy atom. The van der Waals surface area contributed by atoms with E-state index < -0.39 is 5.97 Å². The summed E-state index contributed by atoms with van der Waals surface area (Å²) in [5.41, 5.74) is 2.50. The molecular formula is C15H13N3O3S. The fourth-order valence-electron chi connectivity index (χ4n) is 2.09. The first kappa shape index (κ1) is 14.4. The Bertz CT molecular complexity index is 799. The van der Waals surface area contributed by atoms with E-state index in [0.717, 1.165) is 21.5 Å². The lowest BCUT2D eigenvalue weighted by Crippen LogP contribution is -1.97. The number of carboxylic acids is 1. The van der Waals surface area contributed by atoms with Crippen molar-refractivity contribution in [2.75, 3.05) is 12.9 Å². The van der Waals surface area contributed by atoms with E-state index in [9.17, 15) is 4.79 Å². The molecule has 0 spiro atoms. The monoisotopic (exact) mass is 315 g/mol. The lowest BCUT2D eigenvalue weighted by atomic mass is 10.2. The largest absolute Gasteiger partial charge is 0.496 e. The van der Waals surface area contributed by atoms with Crippen molar-refractivity contribution in [1.29, 1.82) is 0 Å². The summed E-state index contributed by atoms with van der Waals surface area (Å²) in [6.45, 7) is 0. The maximum atomic E-state index is 10.6. The summed E-state index contributed by atoms with van der Waals surface area (Å²) in [7, 11) is 1.58. The Morgan fingerprint density at radius 1 is 1.41 bits per heavy atom. The second kappa shape index (κ2) is 6.07. The van der Waals surface area contributed by atoms with Crippen molar-refractivity contribution in [2.24, 2.45) is 0 Å². The highest BCUT2D eigenvalue weighted by Crippen LogP contribution is 2.33. The number of ether oxygens (including phenoxy) is 1. The number of methoxy groups -OCH3 is 1. The van der Waals surface area contributed by atoms with E-state index >= 15 is 0 Å². The van der Waals surface area contributed by atoms with Crippen LogP contribution in [0.4, 0.5) is 0 Å². The van der Waals surface area contributed by atoms with Gasteiger partial charge in [0.2, 0.25) is 0 Å². The quantitative estimate of drug-likeness (QED) is 0.704. The van der Waals surface area contributed by atoms with E-state index in [2.05, 4.69) is 15.0 Å². The van der Waals surface area contributed by atoms with Gasteiger partial charge >= 0.3 is 5.97 Å². The number of H-pyrrole nitrogens is 1. The average molecular weight is 315 g/mol. The molecule has 0 amide bonds. The summed E-state index contributed by atoms with van der Waals surface area (Å²) in [5, 5.41) is 8.74. The average Bonchev–Trinajstić information content (AvgIpc) is 2.96. The van der Waals surface area contributed by atoms with E-state index in [1.54, 1.807) is 19.5 Å². The molecule has 0 saturated carbocycles. The van der Waals surface area contributed by atoms with Gasteiger partial charge in [0.25, 0.3) is 0 Å². The fraction of sp³-hybridized carbons (Fsp3) is 0.133. The Labute approximate surface area is 130 Å². The number of aromatic nitrogens is 3. The van der Waals surface area contributed by atoms with E-state index in [4.69, 9.17) is 9.84 Å². The highest BCUT2D eigenvalue weighted by Gasteiger charge is 2.12. The molecule has 6 nitrogen and oxygen atoms in total. The van der Waals surface area contributed by atoms with Gasteiger partial charge in [0, 0.05) is 11.1 Å². The lowest BCUT2D eigenvalue weighted by Gasteiger charge is -2.08. The van der Waals surface area contributed by atoms with Crippen LogP contribution < -0.4 is 4.74 Å². The van der Waals surface area contributed by atoms with Crippen LogP contribution in [0.5, 0.6) is 5.75 Å². The highest BCUT2D eigenvalue weighted by molar-refractivity contribution is 8.00. The number of nitrogens with zero attached hydrogens (tertiary/aromatic N) is 2. The van der Waals surface area contributed by atoms with Gasteiger partial charge in [-0.3, -0.25) is 9.78 Å². The lowest BCUT2D eigenvalue weighted by molar-refractivity contribution is -0.133. The maximum Gasteiger partial charge on any atom is 0.313 e. The number of hydrogen-bond acceptors (Lipinski definition) is 5. The van der Waals surface area contributed by atoms with Crippen LogP contribution in [0.15, 0.2) is 41.6 Å². The van der Waals surface area contributed by atoms with Crippen LogP contribution in [0, 0.1) is 0 Å². The molecular weight excluding hydrogens is 302 g/mol. The molecule has 0 unspecified atom stereocenters. The minimum atomic E-state index is -0.849. The third kappa shape index (κ3) is 2.89. The summed E-state index contributed by atoms with van der Waals surface area (Å²) in [6, 6.07) is 7.40. The van der Waals surface area contributed by atoms with E-state index in [1.807, 2.05) is 24.3 Å². The number of hydrogen-bond donors (Lipinski definition) is 2. The summed E-state index contributed by atoms with van der Waals surface area (Å²) < 4.78 is 5.41. The zero-order valence-electron chi connectivity index (χ0n) is 11.7. The Morgan fingerprint density at radius 2 is 2.27 bits per heavy atom. The molecule has 1 aromatic carbocycles. The number of carbonyl (C=O) groups is 1. The Hall–Kier alpha value is -2.54. The van der Waals surface area contributed by atoms with Crippen LogP contribution in [0.2, 0.25) is 0 Å². The SMILES string of the molecule is COc1cc(SCC(=O)O)ccc1-c1nc2cnccc2[nH]1. The van der Waals surface area contributed by atoms with Gasteiger partial charge in [-0.05, 0) is 24.3 Å². The van der Waals surface area contributed by atoms with Crippen molar-refractivity contribution >= 4 is 28.8 Å². The zero-order valence-corrected chi connectivity index (χ0v) is 12.6. The molecule has 2 aromatic heterocycles. The van der Waals surface area contributed by atoms with Crippen molar-refractivity contribution in [3.8, 4) is 17.1 Å². The number of imidazole rings is 1. The molecule has 0 fully saturated rings. The minimum Gasteiger partial charge on any atom is -0.496 e. The second-order valence-electron chi connectivity index (χ2n) is 4.52. The van der Waals surface area contributed by atoms with Crippen molar-refractivity contribution in [1.82, 2.24) is 15.0 Å². The van der Waals surface area contributed by atoms with Gasteiger partial charge in [-0.25, -0.2) is 4.98 Å². The first-order valence-electron chi connectivity index (χ1n) is 6.50. The molecule has 3 aromatic rings. The van der Waals surface area contributed by atoms with Crippen LogP contribution in [-0.4, -0.2) is 38.9 Å². The summed E-state index contributed by atoms with van der Waals surface area (Å²) in [5.74, 6) is 0.494. The van der Waals surface area contributed by atoms with Gasteiger partial charge in [-0.15, -0.1) is 11.8 Å². The minimum absolute atomic E-state index is 0.0127. The highest BCUT2D eigenvalue weighted by atomic mass is 32.2.